The van der Waals surface area contributed by atoms with Crippen molar-refractivity contribution in [2.45, 2.75) is 20.4 Å². The lowest BCUT2D eigenvalue weighted by Crippen LogP contribution is -2.12. The number of hydrogen-bond acceptors (Lipinski definition) is 4. The highest BCUT2D eigenvalue weighted by molar-refractivity contribution is 5.83. The molecule has 0 aliphatic heterocycles. The molecule has 0 bridgehead atoms. The van der Waals surface area contributed by atoms with Gasteiger partial charge in [-0.25, -0.2) is 4.39 Å². The van der Waals surface area contributed by atoms with E-state index in [1.165, 1.54) is 12.1 Å². The summed E-state index contributed by atoms with van der Waals surface area (Å²) in [5.41, 5.74) is 2.48. The van der Waals surface area contributed by atoms with Crippen LogP contribution in [-0.4, -0.2) is 14.7 Å². The number of fused-ring (bicyclic) bond motifs is 1. The van der Waals surface area contributed by atoms with Gasteiger partial charge in [0.1, 0.15) is 11.4 Å². The molecule has 130 valence electrons. The van der Waals surface area contributed by atoms with Gasteiger partial charge in [-0.1, -0.05) is 28.9 Å². The van der Waals surface area contributed by atoms with Gasteiger partial charge in [0, 0.05) is 23.7 Å². The van der Waals surface area contributed by atoms with Gasteiger partial charge in [-0.15, -0.1) is 0 Å². The van der Waals surface area contributed by atoms with Gasteiger partial charge < -0.3 is 9.09 Å². The SMILES string of the molecule is CCn1cc(-c2nc(-c3cccc(C)c3)no2)c(=O)c2cc(F)ccc21. The van der Waals surface area contributed by atoms with E-state index in [0.29, 0.717) is 23.3 Å². The average Bonchev–Trinajstić information content (AvgIpc) is 3.12. The fourth-order valence-electron chi connectivity index (χ4n) is 3.02. The predicted molar refractivity (Wildman–Crippen MR) is 97.3 cm³/mol. The van der Waals surface area contributed by atoms with Crippen molar-refractivity contribution in [1.29, 1.82) is 0 Å². The van der Waals surface area contributed by atoms with Crippen molar-refractivity contribution in [3.05, 3.63) is 70.3 Å². The van der Waals surface area contributed by atoms with E-state index >= 15 is 0 Å². The number of aromatic nitrogens is 3. The van der Waals surface area contributed by atoms with Gasteiger partial charge in [-0.3, -0.25) is 4.79 Å². The van der Waals surface area contributed by atoms with Crippen molar-refractivity contribution in [3.63, 3.8) is 0 Å². The van der Waals surface area contributed by atoms with Crippen LogP contribution in [0.3, 0.4) is 0 Å². The van der Waals surface area contributed by atoms with Crippen molar-refractivity contribution in [1.82, 2.24) is 14.7 Å². The molecule has 0 atom stereocenters. The fourth-order valence-corrected chi connectivity index (χ4v) is 3.02. The molecule has 0 fully saturated rings. The monoisotopic (exact) mass is 349 g/mol. The first-order valence-corrected chi connectivity index (χ1v) is 8.30. The number of hydrogen-bond donors (Lipinski definition) is 0. The highest BCUT2D eigenvalue weighted by Gasteiger charge is 2.17. The van der Waals surface area contributed by atoms with Crippen molar-refractivity contribution >= 4 is 10.9 Å². The normalized spacial score (nSPS) is 11.2. The molecule has 0 saturated carbocycles. The van der Waals surface area contributed by atoms with E-state index in [0.717, 1.165) is 11.1 Å². The molecule has 0 amide bonds. The Labute approximate surface area is 148 Å². The van der Waals surface area contributed by atoms with Gasteiger partial charge in [0.2, 0.25) is 11.3 Å². The van der Waals surface area contributed by atoms with Crippen LogP contribution in [0.2, 0.25) is 0 Å². The summed E-state index contributed by atoms with van der Waals surface area (Å²) < 4.78 is 20.8. The summed E-state index contributed by atoms with van der Waals surface area (Å²) in [5.74, 6) is 0.0748. The standard InChI is InChI=1S/C20H16FN3O2/c1-3-24-11-16(18(25)15-10-14(21)7-8-17(15)24)20-22-19(23-26-20)13-6-4-5-12(2)9-13/h4-11H,3H2,1-2H3. The molecule has 0 aliphatic carbocycles. The first kappa shape index (κ1) is 16.2. The molecule has 4 rings (SSSR count). The Balaban J connectivity index is 1.90. The van der Waals surface area contributed by atoms with Gasteiger partial charge >= 0.3 is 0 Å². The van der Waals surface area contributed by atoms with E-state index in [4.69, 9.17) is 4.52 Å². The molecule has 0 unspecified atom stereocenters. The lowest BCUT2D eigenvalue weighted by atomic mass is 10.1. The lowest BCUT2D eigenvalue weighted by molar-refractivity contribution is 0.431. The van der Waals surface area contributed by atoms with Crippen LogP contribution in [0.1, 0.15) is 12.5 Å². The topological polar surface area (TPSA) is 60.9 Å². The number of halogens is 1. The zero-order chi connectivity index (χ0) is 18.3. The minimum absolute atomic E-state index is 0.125. The average molecular weight is 349 g/mol. The second-order valence-electron chi connectivity index (χ2n) is 6.11. The molecule has 5 nitrogen and oxygen atoms in total. The number of rotatable bonds is 3. The van der Waals surface area contributed by atoms with Crippen LogP contribution in [0.4, 0.5) is 4.39 Å². The third-order valence-electron chi connectivity index (χ3n) is 4.32. The van der Waals surface area contributed by atoms with Crippen molar-refractivity contribution in [2.75, 3.05) is 0 Å². The van der Waals surface area contributed by atoms with Crippen LogP contribution in [0.15, 0.2) is 58.0 Å². The molecule has 26 heavy (non-hydrogen) atoms. The van der Waals surface area contributed by atoms with Crippen LogP contribution in [0.25, 0.3) is 33.7 Å². The second kappa shape index (κ2) is 6.22. The van der Waals surface area contributed by atoms with E-state index in [2.05, 4.69) is 10.1 Å². The Hall–Kier alpha value is -3.28. The van der Waals surface area contributed by atoms with Crippen LogP contribution < -0.4 is 5.43 Å². The minimum atomic E-state index is -0.458. The van der Waals surface area contributed by atoms with Gasteiger partial charge in [0.15, 0.2) is 0 Å². The Morgan fingerprint density at radius 3 is 2.81 bits per heavy atom. The summed E-state index contributed by atoms with van der Waals surface area (Å²) in [6.07, 6.45) is 1.68. The zero-order valence-electron chi connectivity index (χ0n) is 14.4. The van der Waals surface area contributed by atoms with E-state index in [1.807, 2.05) is 42.7 Å². The first-order valence-electron chi connectivity index (χ1n) is 8.30. The molecule has 6 heteroatoms. The molecule has 0 aliphatic rings. The Morgan fingerprint density at radius 2 is 2.04 bits per heavy atom. The Morgan fingerprint density at radius 1 is 1.19 bits per heavy atom. The molecule has 0 N–H and O–H groups in total. The van der Waals surface area contributed by atoms with E-state index in [1.54, 1.807) is 12.3 Å². The van der Waals surface area contributed by atoms with Crippen molar-refractivity contribution in [3.8, 4) is 22.8 Å². The number of pyridine rings is 1. The van der Waals surface area contributed by atoms with Gasteiger partial charge in [0.05, 0.1) is 5.52 Å². The smallest absolute Gasteiger partial charge is 0.263 e. The van der Waals surface area contributed by atoms with E-state index in [-0.39, 0.29) is 16.9 Å². The summed E-state index contributed by atoms with van der Waals surface area (Å²) in [4.78, 5) is 17.2. The van der Waals surface area contributed by atoms with Gasteiger partial charge in [0.25, 0.3) is 5.89 Å². The molecular weight excluding hydrogens is 333 g/mol. The molecule has 2 aromatic heterocycles. The van der Waals surface area contributed by atoms with E-state index < -0.39 is 5.82 Å². The van der Waals surface area contributed by atoms with Crippen molar-refractivity contribution < 1.29 is 8.91 Å². The molecule has 0 spiro atoms. The predicted octanol–water partition coefficient (Wildman–Crippen LogP) is 4.19. The lowest BCUT2D eigenvalue weighted by Gasteiger charge is -2.09. The summed E-state index contributed by atoms with van der Waals surface area (Å²) in [6.45, 7) is 4.54. The van der Waals surface area contributed by atoms with E-state index in [9.17, 15) is 9.18 Å². The third-order valence-corrected chi connectivity index (χ3v) is 4.32. The molecule has 2 heterocycles. The van der Waals surface area contributed by atoms with Crippen LogP contribution in [0.5, 0.6) is 0 Å². The minimum Gasteiger partial charge on any atom is -0.347 e. The first-order chi connectivity index (χ1) is 12.6. The second-order valence-corrected chi connectivity index (χ2v) is 6.11. The number of aryl methyl sites for hydroxylation is 2. The number of nitrogens with zero attached hydrogens (tertiary/aromatic N) is 3. The largest absolute Gasteiger partial charge is 0.347 e. The highest BCUT2D eigenvalue weighted by atomic mass is 19.1. The molecular formula is C20H16FN3O2. The summed E-state index contributed by atoms with van der Waals surface area (Å²) in [6, 6.07) is 11.9. The number of benzene rings is 2. The highest BCUT2D eigenvalue weighted by Crippen LogP contribution is 2.23. The van der Waals surface area contributed by atoms with Crippen molar-refractivity contribution in [2.24, 2.45) is 0 Å². The van der Waals surface area contributed by atoms with Gasteiger partial charge in [-0.2, -0.15) is 4.98 Å². The van der Waals surface area contributed by atoms with Crippen LogP contribution in [0, 0.1) is 12.7 Å². The Kier molecular flexibility index (Phi) is 3.88. The fraction of sp³-hybridized carbons (Fsp3) is 0.150. The molecule has 2 aromatic carbocycles. The molecule has 4 aromatic rings. The summed E-state index contributed by atoms with van der Waals surface area (Å²) in [5, 5.41) is 4.28. The zero-order valence-corrected chi connectivity index (χ0v) is 14.4. The van der Waals surface area contributed by atoms with Crippen LogP contribution >= 0.6 is 0 Å². The maximum Gasteiger partial charge on any atom is 0.263 e. The summed E-state index contributed by atoms with van der Waals surface area (Å²) in [7, 11) is 0. The quantitative estimate of drug-likeness (QED) is 0.556. The molecule has 0 saturated heterocycles. The van der Waals surface area contributed by atoms with Crippen LogP contribution in [-0.2, 0) is 6.54 Å². The third kappa shape index (κ3) is 2.69. The van der Waals surface area contributed by atoms with Gasteiger partial charge in [-0.05, 0) is 38.1 Å². The Bertz CT molecular complexity index is 1180. The summed E-state index contributed by atoms with van der Waals surface area (Å²) >= 11 is 0. The molecule has 0 radical (unpaired) electrons. The maximum absolute atomic E-state index is 13.7. The maximum atomic E-state index is 13.7.